The predicted molar refractivity (Wildman–Crippen MR) is 108 cm³/mol. The van der Waals surface area contributed by atoms with Crippen molar-refractivity contribution < 1.29 is 14.0 Å². The molecule has 0 aliphatic carbocycles. The van der Waals surface area contributed by atoms with Gasteiger partial charge in [0.1, 0.15) is 12.0 Å². The summed E-state index contributed by atoms with van der Waals surface area (Å²) in [4.78, 5) is 36.5. The van der Waals surface area contributed by atoms with E-state index in [0.717, 1.165) is 39.1 Å². The molecule has 0 saturated carbocycles. The van der Waals surface area contributed by atoms with Crippen LogP contribution in [-0.4, -0.2) is 90.4 Å². The van der Waals surface area contributed by atoms with Gasteiger partial charge in [-0.3, -0.25) is 9.59 Å². The molecule has 2 bridgehead atoms. The van der Waals surface area contributed by atoms with Crippen LogP contribution in [-0.2, 0) is 0 Å². The minimum Gasteiger partial charge on any atom is -0.462 e. The van der Waals surface area contributed by atoms with E-state index in [9.17, 15) is 9.59 Å². The molecular formula is C21H27N5O3. The van der Waals surface area contributed by atoms with Gasteiger partial charge in [0.05, 0.1) is 11.8 Å². The summed E-state index contributed by atoms with van der Waals surface area (Å²) >= 11 is 0. The summed E-state index contributed by atoms with van der Waals surface area (Å²) < 4.78 is 5.54. The third-order valence-corrected chi connectivity index (χ3v) is 6.52. The van der Waals surface area contributed by atoms with E-state index in [-0.39, 0.29) is 17.9 Å². The zero-order chi connectivity index (χ0) is 20.0. The van der Waals surface area contributed by atoms with Crippen LogP contribution in [0.1, 0.15) is 33.7 Å². The Hall–Kier alpha value is -2.45. The number of likely N-dealkylation sites (N-methyl/N-ethyl adjacent to an activating group) is 1. The Morgan fingerprint density at radius 1 is 1.17 bits per heavy atom. The van der Waals surface area contributed by atoms with Crippen molar-refractivity contribution in [2.75, 3.05) is 52.9 Å². The maximum Gasteiger partial charge on any atom is 0.270 e. The molecule has 8 heteroatoms. The first-order chi connectivity index (χ1) is 14.1. The number of furan rings is 1. The van der Waals surface area contributed by atoms with Crippen LogP contribution >= 0.6 is 0 Å². The zero-order valence-corrected chi connectivity index (χ0v) is 16.8. The van der Waals surface area contributed by atoms with Crippen molar-refractivity contribution in [2.24, 2.45) is 5.92 Å². The average molecular weight is 397 g/mol. The van der Waals surface area contributed by atoms with Crippen molar-refractivity contribution in [3.8, 4) is 0 Å². The first-order valence-corrected chi connectivity index (χ1v) is 10.4. The van der Waals surface area contributed by atoms with E-state index >= 15 is 0 Å². The topological polar surface area (TPSA) is 81.9 Å². The van der Waals surface area contributed by atoms with Gasteiger partial charge in [0.25, 0.3) is 11.8 Å². The fourth-order valence-electron chi connectivity index (χ4n) is 4.83. The molecule has 3 atom stereocenters. The van der Waals surface area contributed by atoms with Crippen LogP contribution in [0.3, 0.4) is 0 Å². The van der Waals surface area contributed by atoms with Gasteiger partial charge in [-0.25, -0.2) is 4.98 Å². The number of carbonyl (C=O) groups excluding carboxylic acids is 2. The number of fused-ring (bicyclic) bond motifs is 3. The summed E-state index contributed by atoms with van der Waals surface area (Å²) in [6.07, 6.45) is 5.28. The molecular weight excluding hydrogens is 370 g/mol. The van der Waals surface area contributed by atoms with Gasteiger partial charge < -0.3 is 24.4 Å². The molecule has 29 heavy (non-hydrogen) atoms. The molecule has 5 heterocycles. The number of pyridine rings is 1. The predicted octanol–water partition coefficient (Wildman–Crippen LogP) is 1.04. The first-order valence-electron chi connectivity index (χ1n) is 10.4. The van der Waals surface area contributed by atoms with Crippen LogP contribution in [0.15, 0.2) is 22.9 Å². The van der Waals surface area contributed by atoms with Crippen molar-refractivity contribution in [3.63, 3.8) is 0 Å². The van der Waals surface area contributed by atoms with Crippen molar-refractivity contribution in [2.45, 2.75) is 18.9 Å². The van der Waals surface area contributed by atoms with E-state index in [2.05, 4.69) is 27.1 Å². The fraction of sp³-hybridized carbons (Fsp3) is 0.571. The van der Waals surface area contributed by atoms with Crippen LogP contribution < -0.4 is 5.32 Å². The molecule has 154 valence electrons. The van der Waals surface area contributed by atoms with E-state index in [0.29, 0.717) is 41.2 Å². The Kier molecular flexibility index (Phi) is 4.75. The fourth-order valence-corrected chi connectivity index (χ4v) is 4.83. The Morgan fingerprint density at radius 2 is 2.00 bits per heavy atom. The Morgan fingerprint density at radius 3 is 2.79 bits per heavy atom. The van der Waals surface area contributed by atoms with Gasteiger partial charge in [0, 0.05) is 50.7 Å². The molecule has 3 aliphatic rings. The second-order valence-corrected chi connectivity index (χ2v) is 8.63. The lowest BCUT2D eigenvalue weighted by molar-refractivity contribution is 0.0664. The van der Waals surface area contributed by atoms with Crippen LogP contribution in [0.5, 0.6) is 0 Å². The highest BCUT2D eigenvalue weighted by Crippen LogP contribution is 2.27. The molecule has 0 radical (unpaired) electrons. The standard InChI is InChI=1S/C21H27N5O3/c1-24-4-6-26(7-5-24)21(28)17-13-29-19-10-22-18(9-16(17)19)20(27)23-15-8-14-2-3-25(11-14)12-15/h9-10,13-15H,2-8,11-12H2,1H3,(H,23,27)/t14-,15+/m0/s1. The van der Waals surface area contributed by atoms with Gasteiger partial charge >= 0.3 is 0 Å². The highest BCUT2D eigenvalue weighted by molar-refractivity contribution is 6.07. The molecule has 3 fully saturated rings. The van der Waals surface area contributed by atoms with E-state index in [4.69, 9.17) is 4.42 Å². The summed E-state index contributed by atoms with van der Waals surface area (Å²) in [5.41, 5.74) is 1.36. The van der Waals surface area contributed by atoms with Gasteiger partial charge in [-0.05, 0) is 38.4 Å². The molecule has 0 spiro atoms. The number of piperidine rings is 1. The zero-order valence-electron chi connectivity index (χ0n) is 16.8. The first kappa shape index (κ1) is 18.6. The van der Waals surface area contributed by atoms with Crippen molar-refractivity contribution in [1.29, 1.82) is 0 Å². The Labute approximate surface area is 169 Å². The van der Waals surface area contributed by atoms with Crippen LogP contribution in [0.25, 0.3) is 11.0 Å². The third-order valence-electron chi connectivity index (χ3n) is 6.52. The van der Waals surface area contributed by atoms with Gasteiger partial charge in [-0.2, -0.15) is 0 Å². The summed E-state index contributed by atoms with van der Waals surface area (Å²) in [6.45, 7) is 6.30. The number of rotatable bonds is 3. The molecule has 1 unspecified atom stereocenters. The van der Waals surface area contributed by atoms with Crippen LogP contribution in [0.4, 0.5) is 0 Å². The lowest BCUT2D eigenvalue weighted by Crippen LogP contribution is -2.47. The van der Waals surface area contributed by atoms with Crippen molar-refractivity contribution in [1.82, 2.24) is 25.0 Å². The molecule has 2 aromatic rings. The maximum atomic E-state index is 13.0. The number of piperazine rings is 1. The normalized spacial score (nSPS) is 27.3. The smallest absolute Gasteiger partial charge is 0.270 e. The van der Waals surface area contributed by atoms with E-state index in [1.165, 1.54) is 12.7 Å². The number of nitrogens with one attached hydrogen (secondary N) is 1. The monoisotopic (exact) mass is 397 g/mol. The van der Waals surface area contributed by atoms with Crippen LogP contribution in [0.2, 0.25) is 0 Å². The number of amides is 2. The molecule has 2 aromatic heterocycles. The number of aromatic nitrogens is 1. The molecule has 3 saturated heterocycles. The van der Waals surface area contributed by atoms with E-state index < -0.39 is 0 Å². The number of carbonyl (C=O) groups is 2. The van der Waals surface area contributed by atoms with Crippen molar-refractivity contribution >= 4 is 22.8 Å². The quantitative estimate of drug-likeness (QED) is 0.834. The second-order valence-electron chi connectivity index (χ2n) is 8.63. The Bertz CT molecular complexity index is 922. The summed E-state index contributed by atoms with van der Waals surface area (Å²) in [7, 11) is 2.06. The summed E-state index contributed by atoms with van der Waals surface area (Å²) in [6, 6.07) is 1.85. The molecule has 3 aliphatic heterocycles. The lowest BCUT2D eigenvalue weighted by atomic mass is 9.97. The summed E-state index contributed by atoms with van der Waals surface area (Å²) in [5.74, 6) is 0.454. The summed E-state index contributed by atoms with van der Waals surface area (Å²) in [5, 5.41) is 3.79. The highest BCUT2D eigenvalue weighted by atomic mass is 16.3. The second kappa shape index (κ2) is 7.42. The molecule has 2 amide bonds. The Balaban J connectivity index is 1.33. The SMILES string of the molecule is CN1CCN(C(=O)c2coc3cnc(C(=O)N[C@@H]4C[C@@H]5CCN(C5)C4)cc23)CC1. The third kappa shape index (κ3) is 3.62. The largest absolute Gasteiger partial charge is 0.462 e. The maximum absolute atomic E-state index is 13.0. The van der Waals surface area contributed by atoms with Gasteiger partial charge in [-0.15, -0.1) is 0 Å². The number of hydrogen-bond acceptors (Lipinski definition) is 6. The molecule has 5 rings (SSSR count). The average Bonchev–Trinajstić information content (AvgIpc) is 3.30. The van der Waals surface area contributed by atoms with Crippen LogP contribution in [0, 0.1) is 5.92 Å². The lowest BCUT2D eigenvalue weighted by Gasteiger charge is -2.32. The van der Waals surface area contributed by atoms with Crippen molar-refractivity contribution in [3.05, 3.63) is 29.8 Å². The van der Waals surface area contributed by atoms with Gasteiger partial charge in [0.15, 0.2) is 5.58 Å². The molecule has 0 aromatic carbocycles. The van der Waals surface area contributed by atoms with E-state index in [1.54, 1.807) is 12.3 Å². The molecule has 8 nitrogen and oxygen atoms in total. The number of hydrogen-bond donors (Lipinski definition) is 1. The highest BCUT2D eigenvalue weighted by Gasteiger charge is 2.33. The van der Waals surface area contributed by atoms with Gasteiger partial charge in [0.2, 0.25) is 0 Å². The molecule has 1 N–H and O–H groups in total. The minimum absolute atomic E-state index is 0.0499. The van der Waals surface area contributed by atoms with Gasteiger partial charge in [-0.1, -0.05) is 0 Å². The minimum atomic E-state index is -0.182. The van der Waals surface area contributed by atoms with E-state index in [1.807, 2.05) is 4.90 Å². The number of nitrogens with zero attached hydrogens (tertiary/aromatic N) is 4.